The van der Waals surface area contributed by atoms with Crippen molar-refractivity contribution in [1.82, 2.24) is 0 Å². The van der Waals surface area contributed by atoms with Gasteiger partial charge in [0.25, 0.3) is 0 Å². The van der Waals surface area contributed by atoms with Gasteiger partial charge in [-0.3, -0.25) is 9.00 Å². The van der Waals surface area contributed by atoms with Crippen LogP contribution < -0.4 is 4.74 Å². The lowest BCUT2D eigenvalue weighted by molar-refractivity contribution is -0.139. The molecule has 2 unspecified atom stereocenters. The summed E-state index contributed by atoms with van der Waals surface area (Å²) in [4.78, 5) is 11.8. The van der Waals surface area contributed by atoms with Gasteiger partial charge < -0.3 is 9.47 Å². The molecule has 0 aromatic heterocycles. The molecule has 0 spiro atoms. The molecule has 1 aromatic carbocycles. The number of carbonyl (C=O) groups excluding carboxylic acids is 1. The van der Waals surface area contributed by atoms with E-state index in [4.69, 9.17) is 4.74 Å². The maximum Gasteiger partial charge on any atom is 0.321 e. The minimum Gasteiger partial charge on any atom is -0.497 e. The summed E-state index contributed by atoms with van der Waals surface area (Å²) in [5.74, 6) is 0.129. The van der Waals surface area contributed by atoms with E-state index in [1.807, 2.05) is 0 Å². The molecule has 1 rings (SSSR count). The van der Waals surface area contributed by atoms with E-state index in [2.05, 4.69) is 4.74 Å². The molecule has 0 heterocycles. The first kappa shape index (κ1) is 12.7. The summed E-state index contributed by atoms with van der Waals surface area (Å²) in [6, 6.07) is 6.83. The van der Waals surface area contributed by atoms with Crippen LogP contribution in [0.2, 0.25) is 0 Å². The van der Waals surface area contributed by atoms with Crippen LogP contribution in [0.1, 0.15) is 6.92 Å². The highest BCUT2D eigenvalue weighted by Crippen LogP contribution is 2.18. The molecule has 0 saturated heterocycles. The Kier molecular flexibility index (Phi) is 4.49. The predicted molar refractivity (Wildman–Crippen MR) is 60.9 cm³/mol. The van der Waals surface area contributed by atoms with Crippen molar-refractivity contribution in [3.05, 3.63) is 24.3 Å². The Morgan fingerprint density at radius 2 is 2.06 bits per heavy atom. The van der Waals surface area contributed by atoms with Crippen molar-refractivity contribution in [3.8, 4) is 5.75 Å². The number of esters is 1. The smallest absolute Gasteiger partial charge is 0.321 e. The highest BCUT2D eigenvalue weighted by molar-refractivity contribution is 7.86. The van der Waals surface area contributed by atoms with Crippen LogP contribution in [-0.2, 0) is 20.3 Å². The van der Waals surface area contributed by atoms with E-state index in [0.717, 1.165) is 0 Å². The van der Waals surface area contributed by atoms with E-state index < -0.39 is 22.0 Å². The third-order valence-electron chi connectivity index (χ3n) is 2.13. The minimum absolute atomic E-state index is 0.485. The molecular formula is C11H14O4S. The lowest BCUT2D eigenvalue weighted by atomic mass is 10.3. The first-order valence-electron chi connectivity index (χ1n) is 4.72. The van der Waals surface area contributed by atoms with E-state index in [9.17, 15) is 9.00 Å². The summed E-state index contributed by atoms with van der Waals surface area (Å²) in [5.41, 5.74) is 0. The minimum atomic E-state index is -1.42. The van der Waals surface area contributed by atoms with E-state index in [1.54, 1.807) is 31.2 Å². The standard InChI is InChI=1S/C11H14O4S/c1-8(11(12)15-3)16(13)10-6-4-5-9(7-10)14-2/h4-8H,1-3H3. The van der Waals surface area contributed by atoms with Crippen LogP contribution in [0.25, 0.3) is 0 Å². The zero-order valence-corrected chi connectivity index (χ0v) is 10.2. The third kappa shape index (κ3) is 2.82. The first-order chi connectivity index (χ1) is 7.60. The number of methoxy groups -OCH3 is 2. The van der Waals surface area contributed by atoms with Gasteiger partial charge in [-0.15, -0.1) is 0 Å². The second kappa shape index (κ2) is 5.65. The van der Waals surface area contributed by atoms with Gasteiger partial charge in [-0.1, -0.05) is 6.07 Å². The Hall–Kier alpha value is -1.36. The summed E-state index contributed by atoms with van der Waals surface area (Å²) in [6.07, 6.45) is 0. The molecule has 5 heteroatoms. The molecule has 16 heavy (non-hydrogen) atoms. The third-order valence-corrected chi connectivity index (χ3v) is 3.68. The summed E-state index contributed by atoms with van der Waals surface area (Å²) in [7, 11) is 1.39. The van der Waals surface area contributed by atoms with Gasteiger partial charge in [-0.2, -0.15) is 0 Å². The van der Waals surface area contributed by atoms with Crippen molar-refractivity contribution in [2.75, 3.05) is 14.2 Å². The van der Waals surface area contributed by atoms with Crippen molar-refractivity contribution in [2.24, 2.45) is 0 Å². The molecule has 0 bridgehead atoms. The Labute approximate surface area is 97.0 Å². The number of rotatable bonds is 4. The SMILES string of the molecule is COC(=O)C(C)S(=O)c1cccc(OC)c1. The molecular weight excluding hydrogens is 228 g/mol. The van der Waals surface area contributed by atoms with Gasteiger partial charge >= 0.3 is 5.97 Å². The Morgan fingerprint density at radius 3 is 2.62 bits per heavy atom. The van der Waals surface area contributed by atoms with Crippen LogP contribution >= 0.6 is 0 Å². The average molecular weight is 242 g/mol. The van der Waals surface area contributed by atoms with Crippen LogP contribution in [-0.4, -0.2) is 29.6 Å². The molecule has 4 nitrogen and oxygen atoms in total. The van der Waals surface area contributed by atoms with Crippen LogP contribution in [0.15, 0.2) is 29.2 Å². The van der Waals surface area contributed by atoms with Crippen molar-refractivity contribution >= 4 is 16.8 Å². The predicted octanol–water partition coefficient (Wildman–Crippen LogP) is 1.36. The molecule has 0 amide bonds. The van der Waals surface area contributed by atoms with Gasteiger partial charge in [0.05, 0.1) is 25.0 Å². The van der Waals surface area contributed by atoms with Gasteiger partial charge in [-0.05, 0) is 25.1 Å². The monoisotopic (exact) mass is 242 g/mol. The van der Waals surface area contributed by atoms with Crippen molar-refractivity contribution < 1.29 is 18.5 Å². The molecule has 88 valence electrons. The summed E-state index contributed by atoms with van der Waals surface area (Å²) >= 11 is 0. The lowest BCUT2D eigenvalue weighted by Gasteiger charge is -2.09. The Morgan fingerprint density at radius 1 is 1.38 bits per heavy atom. The summed E-state index contributed by atoms with van der Waals surface area (Å²) in [5, 5.41) is -0.683. The first-order valence-corrected chi connectivity index (χ1v) is 5.94. The van der Waals surface area contributed by atoms with Gasteiger partial charge in [-0.25, -0.2) is 0 Å². The van der Waals surface area contributed by atoms with Crippen molar-refractivity contribution in [1.29, 1.82) is 0 Å². The number of carbonyl (C=O) groups is 1. The van der Waals surface area contributed by atoms with Gasteiger partial charge in [0.2, 0.25) is 0 Å². The summed E-state index contributed by atoms with van der Waals surface area (Å²) < 4.78 is 21.5. The fourth-order valence-electron chi connectivity index (χ4n) is 1.18. The molecule has 0 N–H and O–H groups in total. The summed E-state index contributed by atoms with van der Waals surface area (Å²) in [6.45, 7) is 1.57. The zero-order chi connectivity index (χ0) is 12.1. The normalized spacial score (nSPS) is 13.9. The molecule has 0 radical (unpaired) electrons. The fourth-order valence-corrected chi connectivity index (χ4v) is 2.31. The molecule has 0 saturated carbocycles. The average Bonchev–Trinajstić information content (AvgIpc) is 2.36. The van der Waals surface area contributed by atoms with Crippen LogP contribution in [0.5, 0.6) is 5.75 Å². The maximum absolute atomic E-state index is 12.0. The van der Waals surface area contributed by atoms with E-state index in [-0.39, 0.29) is 0 Å². The molecule has 2 atom stereocenters. The topological polar surface area (TPSA) is 52.6 Å². The Balaban J connectivity index is 2.91. The molecule has 1 aromatic rings. The molecule has 0 aliphatic rings. The van der Waals surface area contributed by atoms with Gasteiger partial charge in [0.1, 0.15) is 11.0 Å². The van der Waals surface area contributed by atoms with E-state index >= 15 is 0 Å². The second-order valence-corrected chi connectivity index (χ2v) is 4.92. The molecule has 0 fully saturated rings. The lowest BCUT2D eigenvalue weighted by Crippen LogP contribution is -2.23. The highest BCUT2D eigenvalue weighted by atomic mass is 32.2. The molecule has 0 aliphatic heterocycles. The van der Waals surface area contributed by atoms with Crippen LogP contribution in [0.4, 0.5) is 0 Å². The van der Waals surface area contributed by atoms with E-state index in [0.29, 0.717) is 10.6 Å². The highest BCUT2D eigenvalue weighted by Gasteiger charge is 2.22. The maximum atomic E-state index is 12.0. The van der Waals surface area contributed by atoms with Crippen molar-refractivity contribution in [3.63, 3.8) is 0 Å². The van der Waals surface area contributed by atoms with E-state index in [1.165, 1.54) is 14.2 Å². The fraction of sp³-hybridized carbons (Fsp3) is 0.364. The van der Waals surface area contributed by atoms with Gasteiger partial charge in [0, 0.05) is 4.90 Å². The second-order valence-electron chi connectivity index (χ2n) is 3.14. The van der Waals surface area contributed by atoms with Crippen LogP contribution in [0.3, 0.4) is 0 Å². The van der Waals surface area contributed by atoms with Crippen LogP contribution in [0, 0.1) is 0 Å². The van der Waals surface area contributed by atoms with Gasteiger partial charge in [0.15, 0.2) is 0 Å². The number of hydrogen-bond donors (Lipinski definition) is 0. The zero-order valence-electron chi connectivity index (χ0n) is 9.43. The largest absolute Gasteiger partial charge is 0.497 e. The Bertz CT molecular complexity index is 403. The van der Waals surface area contributed by atoms with Crippen molar-refractivity contribution in [2.45, 2.75) is 17.1 Å². The number of benzene rings is 1. The number of ether oxygens (including phenoxy) is 2. The molecule has 0 aliphatic carbocycles. The number of hydrogen-bond acceptors (Lipinski definition) is 4. The quantitative estimate of drug-likeness (QED) is 0.748.